The molecule has 1 aromatic rings. The molecule has 16 heavy (non-hydrogen) atoms. The maximum atomic E-state index is 5.81. The van der Waals surface area contributed by atoms with Crippen LogP contribution in [0.3, 0.4) is 0 Å². The molecule has 0 spiro atoms. The monoisotopic (exact) mass is 218 g/mol. The van der Waals surface area contributed by atoms with E-state index in [1.807, 2.05) is 0 Å². The minimum Gasteiger partial charge on any atom is -0.371 e. The third kappa shape index (κ3) is 2.76. The predicted octanol–water partition coefficient (Wildman–Crippen LogP) is 2.56. The molecular formula is C14H22N2. The lowest BCUT2D eigenvalue weighted by molar-refractivity contribution is 0.508. The number of rotatable bonds is 2. The number of benzene rings is 1. The molecule has 1 aromatic carbocycles. The Morgan fingerprint density at radius 2 is 2.00 bits per heavy atom. The fraction of sp³-hybridized carbons (Fsp3) is 0.571. The van der Waals surface area contributed by atoms with Crippen LogP contribution in [0.5, 0.6) is 0 Å². The van der Waals surface area contributed by atoms with Gasteiger partial charge in [-0.25, -0.2) is 0 Å². The van der Waals surface area contributed by atoms with Gasteiger partial charge in [0.05, 0.1) is 0 Å². The molecule has 0 bridgehead atoms. The van der Waals surface area contributed by atoms with Gasteiger partial charge >= 0.3 is 0 Å². The molecule has 0 amide bonds. The summed E-state index contributed by atoms with van der Waals surface area (Å²) < 4.78 is 0. The molecule has 1 atom stereocenters. The lowest BCUT2D eigenvalue weighted by Crippen LogP contribution is -2.31. The summed E-state index contributed by atoms with van der Waals surface area (Å²) in [6.45, 7) is 5.26. The average Bonchev–Trinajstić information content (AvgIpc) is 2.55. The van der Waals surface area contributed by atoms with Gasteiger partial charge in [0, 0.05) is 18.8 Å². The smallest absolute Gasteiger partial charge is 0.0366 e. The molecule has 2 rings (SSSR count). The summed E-state index contributed by atoms with van der Waals surface area (Å²) in [7, 11) is 0. The van der Waals surface area contributed by atoms with E-state index < -0.39 is 0 Å². The van der Waals surface area contributed by atoms with Crippen LogP contribution < -0.4 is 10.6 Å². The number of nitrogens with zero attached hydrogens (tertiary/aromatic N) is 1. The molecule has 2 nitrogen and oxygen atoms in total. The molecule has 88 valence electrons. The van der Waals surface area contributed by atoms with Crippen LogP contribution in [0.4, 0.5) is 5.69 Å². The van der Waals surface area contributed by atoms with Crippen LogP contribution in [0.1, 0.15) is 24.8 Å². The van der Waals surface area contributed by atoms with Gasteiger partial charge in [-0.2, -0.15) is 0 Å². The second kappa shape index (κ2) is 5.35. The van der Waals surface area contributed by atoms with Crippen molar-refractivity contribution in [3.05, 3.63) is 29.8 Å². The molecule has 1 fully saturated rings. The normalized spacial score (nSPS) is 21.9. The van der Waals surface area contributed by atoms with Crippen LogP contribution in [0.2, 0.25) is 0 Å². The van der Waals surface area contributed by atoms with Crippen molar-refractivity contribution in [1.82, 2.24) is 0 Å². The Labute approximate surface area is 98.4 Å². The molecule has 2 N–H and O–H groups in total. The first-order valence-electron chi connectivity index (χ1n) is 6.31. The van der Waals surface area contributed by atoms with E-state index in [-0.39, 0.29) is 0 Å². The van der Waals surface area contributed by atoms with Crippen molar-refractivity contribution in [3.63, 3.8) is 0 Å². The molecule has 0 aliphatic carbocycles. The van der Waals surface area contributed by atoms with Gasteiger partial charge in [-0.3, -0.25) is 0 Å². The summed E-state index contributed by atoms with van der Waals surface area (Å²) in [4.78, 5) is 2.49. The maximum absolute atomic E-state index is 5.81. The first-order valence-corrected chi connectivity index (χ1v) is 6.31. The number of anilines is 1. The first kappa shape index (κ1) is 11.5. The second-order valence-electron chi connectivity index (χ2n) is 4.88. The Hall–Kier alpha value is -1.02. The van der Waals surface area contributed by atoms with Gasteiger partial charge < -0.3 is 10.6 Å². The van der Waals surface area contributed by atoms with E-state index in [9.17, 15) is 0 Å². The van der Waals surface area contributed by atoms with E-state index in [1.54, 1.807) is 0 Å². The topological polar surface area (TPSA) is 29.3 Å². The second-order valence-corrected chi connectivity index (χ2v) is 4.88. The molecule has 1 heterocycles. The van der Waals surface area contributed by atoms with E-state index in [0.717, 1.165) is 13.1 Å². The summed E-state index contributed by atoms with van der Waals surface area (Å²) in [5.74, 6) is 0.670. The summed E-state index contributed by atoms with van der Waals surface area (Å²) in [5.41, 5.74) is 8.49. The molecular weight excluding hydrogens is 196 g/mol. The van der Waals surface area contributed by atoms with Crippen LogP contribution >= 0.6 is 0 Å². The number of hydrogen-bond donors (Lipinski definition) is 1. The standard InChI is InChI=1S/C14H22N2/c1-12-5-7-14(8-6-12)16-9-3-2-4-13(10-15)11-16/h5-8,13H,2-4,9-11,15H2,1H3. The van der Waals surface area contributed by atoms with Crippen LogP contribution in [-0.2, 0) is 0 Å². The highest BCUT2D eigenvalue weighted by atomic mass is 15.1. The first-order chi connectivity index (χ1) is 7.79. The Balaban J connectivity index is 2.09. The van der Waals surface area contributed by atoms with Crippen molar-refractivity contribution in [2.45, 2.75) is 26.2 Å². The summed E-state index contributed by atoms with van der Waals surface area (Å²) in [6, 6.07) is 8.85. The van der Waals surface area contributed by atoms with Gasteiger partial charge in [-0.05, 0) is 44.4 Å². The quantitative estimate of drug-likeness (QED) is 0.826. The Morgan fingerprint density at radius 3 is 2.69 bits per heavy atom. The van der Waals surface area contributed by atoms with E-state index in [1.165, 1.54) is 37.1 Å². The molecule has 2 heteroatoms. The fourth-order valence-electron chi connectivity index (χ4n) is 2.41. The number of aryl methyl sites for hydroxylation is 1. The van der Waals surface area contributed by atoms with Gasteiger partial charge in [-0.1, -0.05) is 24.1 Å². The molecule has 1 unspecified atom stereocenters. The number of hydrogen-bond acceptors (Lipinski definition) is 2. The highest BCUT2D eigenvalue weighted by Gasteiger charge is 2.16. The van der Waals surface area contributed by atoms with Crippen LogP contribution in [0, 0.1) is 12.8 Å². The van der Waals surface area contributed by atoms with Crippen molar-refractivity contribution in [2.24, 2.45) is 11.7 Å². The van der Waals surface area contributed by atoms with E-state index in [0.29, 0.717) is 5.92 Å². The zero-order valence-electron chi connectivity index (χ0n) is 10.2. The minimum absolute atomic E-state index is 0.670. The van der Waals surface area contributed by atoms with Gasteiger partial charge in [0.1, 0.15) is 0 Å². The molecule has 1 aliphatic rings. The van der Waals surface area contributed by atoms with Crippen LogP contribution in [0.25, 0.3) is 0 Å². The molecule has 1 aliphatic heterocycles. The summed E-state index contributed by atoms with van der Waals surface area (Å²) >= 11 is 0. The van der Waals surface area contributed by atoms with Crippen molar-refractivity contribution in [3.8, 4) is 0 Å². The van der Waals surface area contributed by atoms with Crippen molar-refractivity contribution < 1.29 is 0 Å². The molecule has 0 radical (unpaired) electrons. The Bertz CT molecular complexity index is 318. The van der Waals surface area contributed by atoms with E-state index in [2.05, 4.69) is 36.1 Å². The lowest BCUT2D eigenvalue weighted by atomic mass is 10.0. The zero-order chi connectivity index (χ0) is 11.4. The third-order valence-electron chi connectivity index (χ3n) is 3.50. The highest BCUT2D eigenvalue weighted by Crippen LogP contribution is 2.22. The predicted molar refractivity (Wildman–Crippen MR) is 69.8 cm³/mol. The van der Waals surface area contributed by atoms with E-state index in [4.69, 9.17) is 5.73 Å². The zero-order valence-corrected chi connectivity index (χ0v) is 10.2. The summed E-state index contributed by atoms with van der Waals surface area (Å²) in [6.07, 6.45) is 3.91. The molecule has 0 aromatic heterocycles. The van der Waals surface area contributed by atoms with Gasteiger partial charge in [-0.15, -0.1) is 0 Å². The van der Waals surface area contributed by atoms with Gasteiger partial charge in [0.2, 0.25) is 0 Å². The molecule has 1 saturated heterocycles. The Kier molecular flexibility index (Phi) is 3.83. The van der Waals surface area contributed by atoms with Crippen molar-refractivity contribution >= 4 is 5.69 Å². The maximum Gasteiger partial charge on any atom is 0.0366 e. The largest absolute Gasteiger partial charge is 0.371 e. The van der Waals surface area contributed by atoms with Gasteiger partial charge in [0.25, 0.3) is 0 Å². The van der Waals surface area contributed by atoms with E-state index >= 15 is 0 Å². The van der Waals surface area contributed by atoms with Crippen molar-refractivity contribution in [2.75, 3.05) is 24.5 Å². The average molecular weight is 218 g/mol. The minimum atomic E-state index is 0.670. The molecule has 0 saturated carbocycles. The van der Waals surface area contributed by atoms with Crippen LogP contribution in [-0.4, -0.2) is 19.6 Å². The third-order valence-corrected chi connectivity index (χ3v) is 3.50. The van der Waals surface area contributed by atoms with Gasteiger partial charge in [0.15, 0.2) is 0 Å². The van der Waals surface area contributed by atoms with Crippen molar-refractivity contribution in [1.29, 1.82) is 0 Å². The SMILES string of the molecule is Cc1ccc(N2CCCCC(CN)C2)cc1. The fourth-order valence-corrected chi connectivity index (χ4v) is 2.41. The lowest BCUT2D eigenvalue weighted by Gasteiger charge is -2.26. The summed E-state index contributed by atoms with van der Waals surface area (Å²) in [5, 5.41) is 0. The number of nitrogens with two attached hydrogens (primary N) is 1. The highest BCUT2D eigenvalue weighted by molar-refractivity contribution is 5.47. The Morgan fingerprint density at radius 1 is 1.25 bits per heavy atom. The van der Waals surface area contributed by atoms with Crippen LogP contribution in [0.15, 0.2) is 24.3 Å².